The van der Waals surface area contributed by atoms with Gasteiger partial charge in [0.15, 0.2) is 17.5 Å². The van der Waals surface area contributed by atoms with E-state index in [1.165, 1.54) is 54.5 Å². The van der Waals surface area contributed by atoms with Gasteiger partial charge in [0.2, 0.25) is 0 Å². The molecule has 4 saturated carbocycles. The maximum Gasteiger partial charge on any atom is 0.164 e. The molecule has 1 spiro atoms. The Morgan fingerprint density at radius 2 is 1.05 bits per heavy atom. The van der Waals surface area contributed by atoms with Gasteiger partial charge < -0.3 is 0 Å². The normalized spacial score (nSPS) is 27.1. The molecule has 4 nitrogen and oxygen atoms in total. The third-order valence-corrected chi connectivity index (χ3v) is 10.3. The van der Waals surface area contributed by atoms with Crippen molar-refractivity contribution in [2.45, 2.75) is 37.5 Å². The van der Waals surface area contributed by atoms with Crippen LogP contribution in [0.5, 0.6) is 0 Å². The highest BCUT2D eigenvalue weighted by Gasteiger charge is 2.63. The van der Waals surface area contributed by atoms with E-state index in [4.69, 9.17) is 19.9 Å². The lowest BCUT2D eigenvalue weighted by atomic mass is 9.43. The topological polar surface area (TPSA) is 51.6 Å². The minimum atomic E-state index is -0.0532. The quantitative estimate of drug-likeness (QED) is 0.243. The van der Waals surface area contributed by atoms with Gasteiger partial charge in [-0.3, -0.25) is 4.98 Å². The lowest BCUT2D eigenvalue weighted by molar-refractivity contribution is -0.0413. The van der Waals surface area contributed by atoms with Gasteiger partial charge >= 0.3 is 0 Å². The van der Waals surface area contributed by atoms with E-state index in [1.807, 2.05) is 42.6 Å². The molecule has 0 amide bonds. The lowest BCUT2D eigenvalue weighted by Gasteiger charge is -2.60. The molecular weight excluding hydrogens is 488 g/mol. The Kier molecular flexibility index (Phi) is 4.75. The van der Waals surface area contributed by atoms with Crippen molar-refractivity contribution in [1.82, 2.24) is 19.9 Å². The van der Waals surface area contributed by atoms with Gasteiger partial charge in [-0.1, -0.05) is 84.9 Å². The molecule has 3 aromatic carbocycles. The second-order valence-electron chi connectivity index (χ2n) is 12.3. The maximum absolute atomic E-state index is 5.19. The van der Waals surface area contributed by atoms with Gasteiger partial charge in [-0.15, -0.1) is 0 Å². The van der Waals surface area contributed by atoms with Crippen LogP contribution in [0.3, 0.4) is 0 Å². The molecule has 0 saturated heterocycles. The SMILES string of the molecule is c1ccc(-c2nc(-c3ccccc3)nc(-c3cccc4c3C3(c5ncccc5-4)C4CC5CC(C4)CC3C5)n2)cc1. The van der Waals surface area contributed by atoms with Crippen LogP contribution in [0.25, 0.3) is 45.3 Å². The summed E-state index contributed by atoms with van der Waals surface area (Å²) in [6.07, 6.45) is 8.72. The molecule has 4 heteroatoms. The van der Waals surface area contributed by atoms with Crippen LogP contribution in [0.4, 0.5) is 0 Å². The zero-order valence-electron chi connectivity index (χ0n) is 22.4. The van der Waals surface area contributed by atoms with E-state index in [0.29, 0.717) is 11.8 Å². The fourth-order valence-electron chi connectivity index (χ4n) is 9.13. The molecule has 194 valence electrons. The van der Waals surface area contributed by atoms with Crippen LogP contribution in [0.15, 0.2) is 97.2 Å². The maximum atomic E-state index is 5.19. The van der Waals surface area contributed by atoms with Crippen molar-refractivity contribution in [3.63, 3.8) is 0 Å². The van der Waals surface area contributed by atoms with Gasteiger partial charge in [0.05, 0.1) is 5.69 Å². The van der Waals surface area contributed by atoms with E-state index >= 15 is 0 Å². The first-order valence-corrected chi connectivity index (χ1v) is 14.8. The molecule has 5 aromatic rings. The van der Waals surface area contributed by atoms with Crippen LogP contribution in [0, 0.1) is 23.7 Å². The molecule has 5 aliphatic rings. The number of hydrogen-bond acceptors (Lipinski definition) is 4. The van der Waals surface area contributed by atoms with Crippen molar-refractivity contribution in [1.29, 1.82) is 0 Å². The van der Waals surface area contributed by atoms with Crippen molar-refractivity contribution in [2.75, 3.05) is 0 Å². The molecule has 4 fully saturated rings. The largest absolute Gasteiger partial charge is 0.260 e. The minimum Gasteiger partial charge on any atom is -0.260 e. The van der Waals surface area contributed by atoms with Gasteiger partial charge in [-0.05, 0) is 73.0 Å². The Bertz CT molecular complexity index is 1680. The third kappa shape index (κ3) is 3.08. The van der Waals surface area contributed by atoms with Crippen LogP contribution in [0.1, 0.15) is 43.4 Å². The summed E-state index contributed by atoms with van der Waals surface area (Å²) in [5.74, 6) is 5.22. The summed E-state index contributed by atoms with van der Waals surface area (Å²) in [5.41, 5.74) is 8.50. The summed E-state index contributed by atoms with van der Waals surface area (Å²) >= 11 is 0. The second kappa shape index (κ2) is 8.41. The van der Waals surface area contributed by atoms with Crippen LogP contribution in [-0.4, -0.2) is 19.9 Å². The van der Waals surface area contributed by atoms with Crippen LogP contribution in [-0.2, 0) is 5.41 Å². The summed E-state index contributed by atoms with van der Waals surface area (Å²) in [6, 6.07) is 31.8. The van der Waals surface area contributed by atoms with E-state index in [0.717, 1.165) is 46.0 Å². The number of pyridine rings is 1. The monoisotopic (exact) mass is 518 g/mol. The first-order valence-electron chi connectivity index (χ1n) is 14.8. The lowest BCUT2D eigenvalue weighted by Crippen LogP contribution is -2.55. The van der Waals surface area contributed by atoms with E-state index in [2.05, 4.69) is 54.6 Å². The molecule has 5 aliphatic carbocycles. The molecule has 0 atom stereocenters. The van der Waals surface area contributed by atoms with Crippen LogP contribution < -0.4 is 0 Å². The Hall–Kier alpha value is -4.18. The molecule has 0 unspecified atom stereocenters. The smallest absolute Gasteiger partial charge is 0.164 e. The predicted molar refractivity (Wildman–Crippen MR) is 157 cm³/mol. The van der Waals surface area contributed by atoms with Gasteiger partial charge in [0, 0.05) is 33.9 Å². The van der Waals surface area contributed by atoms with Crippen LogP contribution in [0.2, 0.25) is 0 Å². The zero-order valence-corrected chi connectivity index (χ0v) is 22.4. The van der Waals surface area contributed by atoms with Crippen molar-refractivity contribution < 1.29 is 0 Å². The van der Waals surface area contributed by atoms with E-state index in [1.54, 1.807) is 0 Å². The summed E-state index contributed by atoms with van der Waals surface area (Å²) in [5, 5.41) is 0. The van der Waals surface area contributed by atoms with Gasteiger partial charge in [-0.2, -0.15) is 0 Å². The molecule has 4 bridgehead atoms. The molecule has 2 heterocycles. The molecule has 0 radical (unpaired) electrons. The molecule has 10 rings (SSSR count). The first kappa shape index (κ1) is 22.6. The van der Waals surface area contributed by atoms with Crippen molar-refractivity contribution >= 4 is 0 Å². The fraction of sp³-hybridized carbons (Fsp3) is 0.278. The molecular formula is C36H30N4. The van der Waals surface area contributed by atoms with Crippen molar-refractivity contribution in [3.8, 4) is 45.3 Å². The Balaban J connectivity index is 1.32. The number of hydrogen-bond donors (Lipinski definition) is 0. The molecule has 2 aromatic heterocycles. The summed E-state index contributed by atoms with van der Waals surface area (Å²) < 4.78 is 0. The van der Waals surface area contributed by atoms with Crippen LogP contribution >= 0.6 is 0 Å². The fourth-order valence-corrected chi connectivity index (χ4v) is 9.13. The van der Waals surface area contributed by atoms with Crippen molar-refractivity contribution in [3.05, 3.63) is 108 Å². The molecule has 0 N–H and O–H groups in total. The number of aromatic nitrogens is 4. The molecule has 0 aliphatic heterocycles. The highest BCUT2D eigenvalue weighted by atomic mass is 15.0. The van der Waals surface area contributed by atoms with E-state index in [-0.39, 0.29) is 5.41 Å². The Morgan fingerprint density at radius 1 is 0.500 bits per heavy atom. The Labute approximate surface area is 234 Å². The van der Waals surface area contributed by atoms with Gasteiger partial charge in [-0.25, -0.2) is 15.0 Å². The third-order valence-electron chi connectivity index (χ3n) is 10.3. The number of benzene rings is 3. The van der Waals surface area contributed by atoms with Gasteiger partial charge in [0.25, 0.3) is 0 Å². The summed E-state index contributed by atoms with van der Waals surface area (Å²) in [7, 11) is 0. The Morgan fingerprint density at radius 3 is 1.68 bits per heavy atom. The van der Waals surface area contributed by atoms with E-state index in [9.17, 15) is 0 Å². The minimum absolute atomic E-state index is 0.0532. The summed E-state index contributed by atoms with van der Waals surface area (Å²) in [4.78, 5) is 20.5. The number of nitrogens with zero attached hydrogens (tertiary/aromatic N) is 4. The first-order chi connectivity index (χ1) is 19.8. The van der Waals surface area contributed by atoms with Gasteiger partial charge in [0.1, 0.15) is 0 Å². The number of fused-ring (bicyclic) bond motifs is 3. The average molecular weight is 519 g/mol. The average Bonchev–Trinajstić information content (AvgIpc) is 3.31. The summed E-state index contributed by atoms with van der Waals surface area (Å²) in [6.45, 7) is 0. The number of rotatable bonds is 3. The zero-order chi connectivity index (χ0) is 26.3. The predicted octanol–water partition coefficient (Wildman–Crippen LogP) is 7.99. The second-order valence-corrected chi connectivity index (χ2v) is 12.3. The van der Waals surface area contributed by atoms with E-state index < -0.39 is 0 Å². The standard InChI is InChI=1S/C36H30N4/c1-3-9-24(10-4-1)33-38-34(25-11-5-2-6-12-25)40-35(39-33)30-14-7-13-28-29-15-8-16-37-32(29)36(31(28)30)26-18-22-17-23(20-26)21-27(36)19-22/h1-16,22-23,26-27H,17-21H2. The van der Waals surface area contributed by atoms with Crippen molar-refractivity contribution in [2.24, 2.45) is 23.7 Å². The molecule has 40 heavy (non-hydrogen) atoms. The highest BCUT2D eigenvalue weighted by molar-refractivity contribution is 5.87. The highest BCUT2D eigenvalue weighted by Crippen LogP contribution is 2.69.